The van der Waals surface area contributed by atoms with Gasteiger partial charge in [0.25, 0.3) is 0 Å². The smallest absolute Gasteiger partial charge is 0.316 e. The van der Waals surface area contributed by atoms with Crippen molar-refractivity contribution in [2.75, 3.05) is 11.1 Å². The van der Waals surface area contributed by atoms with Crippen molar-refractivity contribution in [3.05, 3.63) is 74.6 Å². The number of ether oxygens (including phenoxy) is 1. The van der Waals surface area contributed by atoms with Gasteiger partial charge in [-0.15, -0.1) is 23.1 Å². The Morgan fingerprint density at radius 2 is 1.93 bits per heavy atom. The number of nitrogens with one attached hydrogen (secondary N) is 1. The summed E-state index contributed by atoms with van der Waals surface area (Å²) in [7, 11) is 0. The molecule has 5 nitrogen and oxygen atoms in total. The van der Waals surface area contributed by atoms with E-state index >= 15 is 0 Å². The monoisotopic (exact) mass is 490 g/mol. The lowest BCUT2D eigenvalue weighted by atomic mass is 10.2. The van der Waals surface area contributed by atoms with Crippen molar-refractivity contribution in [1.82, 2.24) is 4.98 Å². The Kier molecular flexibility index (Phi) is 7.85. The molecule has 0 atom stereocenters. The minimum absolute atomic E-state index is 0.107. The van der Waals surface area contributed by atoms with Crippen LogP contribution in [0, 0.1) is 6.92 Å². The molecule has 1 N–H and O–H groups in total. The summed E-state index contributed by atoms with van der Waals surface area (Å²) >= 11 is 6.19. The number of halogens is 1. The van der Waals surface area contributed by atoms with E-state index in [-0.39, 0.29) is 30.7 Å². The van der Waals surface area contributed by atoms with Crippen LogP contribution in [0.5, 0.6) is 0 Å². The zero-order valence-corrected chi connectivity index (χ0v) is 18.9. The Labute approximate surface area is 186 Å². The number of para-hydroxylation sites is 1. The van der Waals surface area contributed by atoms with Gasteiger partial charge in [-0.25, -0.2) is 4.98 Å². The molecule has 0 aliphatic heterocycles. The summed E-state index contributed by atoms with van der Waals surface area (Å²) < 4.78 is 6.27. The number of amides is 1. The number of esters is 1. The fourth-order valence-corrected chi connectivity index (χ4v) is 4.15. The average molecular weight is 491 g/mol. The number of carbonyl (C=O) groups is 2. The highest BCUT2D eigenvalue weighted by atomic mass is 79.9. The van der Waals surface area contributed by atoms with Crippen molar-refractivity contribution in [2.45, 2.75) is 24.8 Å². The molecular weight excluding hydrogens is 472 g/mol. The Hall–Kier alpha value is -2.16. The van der Waals surface area contributed by atoms with Gasteiger partial charge in [-0.2, -0.15) is 0 Å². The number of thioether (sulfide) groups is 1. The first kappa shape index (κ1) is 21.5. The van der Waals surface area contributed by atoms with Crippen LogP contribution in [-0.4, -0.2) is 22.6 Å². The van der Waals surface area contributed by atoms with Crippen molar-refractivity contribution in [3.63, 3.8) is 0 Å². The van der Waals surface area contributed by atoms with Crippen LogP contribution in [0.4, 0.5) is 5.69 Å². The van der Waals surface area contributed by atoms with Crippen LogP contribution in [0.15, 0.2) is 63.3 Å². The third-order valence-electron chi connectivity index (χ3n) is 3.88. The minimum Gasteiger partial charge on any atom is -0.459 e. The van der Waals surface area contributed by atoms with Crippen LogP contribution < -0.4 is 5.32 Å². The molecule has 0 fully saturated rings. The predicted molar refractivity (Wildman–Crippen MR) is 120 cm³/mol. The molecule has 0 bridgehead atoms. The van der Waals surface area contributed by atoms with Gasteiger partial charge in [-0.1, -0.05) is 34.1 Å². The Bertz CT molecular complexity index is 990. The minimum atomic E-state index is -0.301. The fraction of sp³-hybridized carbons (Fsp3) is 0.190. The summed E-state index contributed by atoms with van der Waals surface area (Å²) in [6.07, 6.45) is 0.187. The molecule has 0 aliphatic rings. The Morgan fingerprint density at radius 1 is 1.17 bits per heavy atom. The quantitative estimate of drug-likeness (QED) is 0.345. The highest BCUT2D eigenvalue weighted by Crippen LogP contribution is 2.21. The van der Waals surface area contributed by atoms with Crippen LogP contribution >= 0.6 is 39.0 Å². The van der Waals surface area contributed by atoms with Crippen molar-refractivity contribution in [2.24, 2.45) is 0 Å². The molecule has 3 aromatic rings. The van der Waals surface area contributed by atoms with E-state index in [9.17, 15) is 9.59 Å². The van der Waals surface area contributed by atoms with E-state index in [0.717, 1.165) is 20.6 Å². The molecule has 2 aromatic carbocycles. The van der Waals surface area contributed by atoms with E-state index in [4.69, 9.17) is 4.74 Å². The molecule has 0 spiro atoms. The van der Waals surface area contributed by atoms with E-state index in [1.807, 2.05) is 60.8 Å². The molecule has 0 unspecified atom stereocenters. The largest absolute Gasteiger partial charge is 0.459 e. The van der Waals surface area contributed by atoms with E-state index in [1.54, 1.807) is 0 Å². The number of hydrogen-bond acceptors (Lipinski definition) is 6. The van der Waals surface area contributed by atoms with E-state index in [2.05, 4.69) is 26.2 Å². The molecule has 0 aliphatic carbocycles. The molecule has 0 saturated carbocycles. The summed E-state index contributed by atoms with van der Waals surface area (Å²) in [4.78, 5) is 29.5. The molecule has 8 heteroatoms. The molecule has 3 rings (SSSR count). The molecule has 0 radical (unpaired) electrons. The van der Waals surface area contributed by atoms with Gasteiger partial charge in [-0.3, -0.25) is 9.59 Å². The standard InChI is InChI=1S/C21H19BrN2O3S2/c1-14-4-2-3-5-18(14)24-19(25)10-20-23-16(12-29-20)11-27-21(26)13-28-17-8-6-15(22)7-9-17/h2-9,12H,10-11,13H2,1H3,(H,24,25). The second-order valence-electron chi connectivity index (χ2n) is 6.18. The van der Waals surface area contributed by atoms with Crippen LogP contribution in [-0.2, 0) is 27.4 Å². The summed E-state index contributed by atoms with van der Waals surface area (Å²) in [6.45, 7) is 2.05. The van der Waals surface area contributed by atoms with Crippen LogP contribution in [0.2, 0.25) is 0 Å². The first-order valence-electron chi connectivity index (χ1n) is 8.82. The van der Waals surface area contributed by atoms with Gasteiger partial charge in [-0.05, 0) is 42.8 Å². The molecule has 29 heavy (non-hydrogen) atoms. The maximum Gasteiger partial charge on any atom is 0.316 e. The number of anilines is 1. The van der Waals surface area contributed by atoms with Gasteiger partial charge in [0.05, 0.1) is 17.9 Å². The third kappa shape index (κ3) is 6.99. The fourth-order valence-electron chi connectivity index (χ4n) is 2.41. The lowest BCUT2D eigenvalue weighted by Crippen LogP contribution is -2.15. The van der Waals surface area contributed by atoms with Gasteiger partial charge in [0.15, 0.2) is 0 Å². The van der Waals surface area contributed by atoms with Gasteiger partial charge in [0, 0.05) is 20.4 Å². The lowest BCUT2D eigenvalue weighted by molar-refractivity contribution is -0.141. The SMILES string of the molecule is Cc1ccccc1NC(=O)Cc1nc(COC(=O)CSc2ccc(Br)cc2)cs1. The summed E-state index contributed by atoms with van der Waals surface area (Å²) in [6, 6.07) is 15.4. The Morgan fingerprint density at radius 3 is 2.69 bits per heavy atom. The second-order valence-corrected chi connectivity index (χ2v) is 9.08. The van der Waals surface area contributed by atoms with Crippen molar-refractivity contribution in [3.8, 4) is 0 Å². The number of carbonyl (C=O) groups excluding carboxylic acids is 2. The number of aryl methyl sites for hydroxylation is 1. The number of benzene rings is 2. The molecule has 1 heterocycles. The summed E-state index contributed by atoms with van der Waals surface area (Å²) in [5.74, 6) is -0.190. The van der Waals surface area contributed by atoms with Crippen LogP contribution in [0.25, 0.3) is 0 Å². The van der Waals surface area contributed by atoms with E-state index in [1.165, 1.54) is 23.1 Å². The molecule has 1 aromatic heterocycles. The normalized spacial score (nSPS) is 10.6. The number of hydrogen-bond donors (Lipinski definition) is 1. The zero-order chi connectivity index (χ0) is 20.6. The number of aromatic nitrogens is 1. The van der Waals surface area contributed by atoms with Crippen molar-refractivity contribution in [1.29, 1.82) is 0 Å². The predicted octanol–water partition coefficient (Wildman–Crippen LogP) is 5.23. The zero-order valence-electron chi connectivity index (χ0n) is 15.7. The Balaban J connectivity index is 1.42. The van der Waals surface area contributed by atoms with Gasteiger partial charge in [0.2, 0.25) is 5.91 Å². The number of rotatable bonds is 8. The van der Waals surface area contributed by atoms with Crippen LogP contribution in [0.3, 0.4) is 0 Å². The van der Waals surface area contributed by atoms with Gasteiger partial charge >= 0.3 is 5.97 Å². The number of nitrogens with zero attached hydrogens (tertiary/aromatic N) is 1. The maximum atomic E-state index is 12.2. The van der Waals surface area contributed by atoms with E-state index in [0.29, 0.717) is 10.7 Å². The molecular formula is C21H19BrN2O3S2. The van der Waals surface area contributed by atoms with Gasteiger partial charge in [0.1, 0.15) is 11.6 Å². The highest BCUT2D eigenvalue weighted by molar-refractivity contribution is 9.10. The average Bonchev–Trinajstić information content (AvgIpc) is 3.15. The van der Waals surface area contributed by atoms with Gasteiger partial charge < -0.3 is 10.1 Å². The second kappa shape index (κ2) is 10.6. The molecule has 150 valence electrons. The molecule has 0 saturated heterocycles. The first-order chi connectivity index (χ1) is 14.0. The first-order valence-corrected chi connectivity index (χ1v) is 11.5. The van der Waals surface area contributed by atoms with Crippen molar-refractivity contribution >= 4 is 56.6 Å². The number of thiazole rings is 1. The summed E-state index contributed by atoms with van der Waals surface area (Å²) in [5.41, 5.74) is 2.45. The maximum absolute atomic E-state index is 12.2. The molecule has 1 amide bonds. The third-order valence-corrected chi connectivity index (χ3v) is 6.29. The topological polar surface area (TPSA) is 68.3 Å². The lowest BCUT2D eigenvalue weighted by Gasteiger charge is -2.06. The highest BCUT2D eigenvalue weighted by Gasteiger charge is 2.11. The van der Waals surface area contributed by atoms with E-state index < -0.39 is 0 Å². The summed E-state index contributed by atoms with van der Waals surface area (Å²) in [5, 5.41) is 5.39. The van der Waals surface area contributed by atoms with Crippen molar-refractivity contribution < 1.29 is 14.3 Å². The van der Waals surface area contributed by atoms with Crippen LogP contribution in [0.1, 0.15) is 16.3 Å².